The zero-order chi connectivity index (χ0) is 24.7. The summed E-state index contributed by atoms with van der Waals surface area (Å²) in [5.74, 6) is 0.321. The summed E-state index contributed by atoms with van der Waals surface area (Å²) < 4.78 is 16.3. The fourth-order valence-corrected chi connectivity index (χ4v) is 3.86. The minimum Gasteiger partial charge on any atom is -0.496 e. The molecule has 0 aromatic heterocycles. The van der Waals surface area contributed by atoms with Crippen molar-refractivity contribution in [3.05, 3.63) is 64.2 Å². The van der Waals surface area contributed by atoms with E-state index in [1.807, 2.05) is 45.0 Å². The molecule has 0 fully saturated rings. The van der Waals surface area contributed by atoms with Gasteiger partial charge in [-0.25, -0.2) is 9.59 Å². The molecular formula is C26H30N2O6. The Kier molecular flexibility index (Phi) is 8.29. The Hall–Kier alpha value is -3.81. The van der Waals surface area contributed by atoms with E-state index >= 15 is 0 Å². The molecule has 2 N–H and O–H groups in total. The Morgan fingerprint density at radius 1 is 1.18 bits per heavy atom. The van der Waals surface area contributed by atoms with Gasteiger partial charge in [-0.05, 0) is 51.3 Å². The molecule has 2 aromatic carbocycles. The van der Waals surface area contributed by atoms with Crippen LogP contribution in [0.2, 0.25) is 0 Å². The number of benzene rings is 2. The first-order valence-electron chi connectivity index (χ1n) is 11.2. The van der Waals surface area contributed by atoms with Gasteiger partial charge in [0, 0.05) is 24.1 Å². The second kappa shape index (κ2) is 11.4. The third-order valence-corrected chi connectivity index (χ3v) is 5.61. The van der Waals surface area contributed by atoms with Gasteiger partial charge in [0.1, 0.15) is 18.1 Å². The van der Waals surface area contributed by atoms with Crippen molar-refractivity contribution in [1.82, 2.24) is 5.32 Å². The van der Waals surface area contributed by atoms with E-state index in [4.69, 9.17) is 14.2 Å². The lowest BCUT2D eigenvalue weighted by Gasteiger charge is -2.20. The van der Waals surface area contributed by atoms with Crippen LogP contribution in [0.15, 0.2) is 42.0 Å². The number of urea groups is 1. The number of cyclic esters (lactones) is 1. The third kappa shape index (κ3) is 5.75. The summed E-state index contributed by atoms with van der Waals surface area (Å²) in [6.07, 6.45) is 3.10. The van der Waals surface area contributed by atoms with Gasteiger partial charge < -0.3 is 24.8 Å². The van der Waals surface area contributed by atoms with Crippen molar-refractivity contribution >= 4 is 23.7 Å². The number of anilines is 1. The van der Waals surface area contributed by atoms with Crippen molar-refractivity contribution in [2.45, 2.75) is 46.6 Å². The van der Waals surface area contributed by atoms with Crippen LogP contribution in [0.4, 0.5) is 10.5 Å². The number of allylic oxidation sites excluding steroid dienone is 2. The number of methoxy groups -OCH3 is 1. The maximum absolute atomic E-state index is 12.5. The quantitative estimate of drug-likeness (QED) is 0.316. The first-order chi connectivity index (χ1) is 16.3. The summed E-state index contributed by atoms with van der Waals surface area (Å²) in [7, 11) is 1.56. The highest BCUT2D eigenvalue weighted by Crippen LogP contribution is 2.41. The van der Waals surface area contributed by atoms with Gasteiger partial charge in [0.25, 0.3) is 0 Å². The van der Waals surface area contributed by atoms with E-state index in [1.165, 1.54) is 0 Å². The average molecular weight is 467 g/mol. The second-order valence-electron chi connectivity index (χ2n) is 7.97. The van der Waals surface area contributed by atoms with Crippen LogP contribution in [0, 0.1) is 6.92 Å². The van der Waals surface area contributed by atoms with Crippen LogP contribution in [0.1, 0.15) is 53.7 Å². The van der Waals surface area contributed by atoms with Crippen LogP contribution in [-0.2, 0) is 22.6 Å². The fraction of sp³-hybridized carbons (Fsp3) is 0.346. The highest BCUT2D eigenvalue weighted by atomic mass is 16.5. The van der Waals surface area contributed by atoms with Crippen LogP contribution in [-0.4, -0.2) is 31.6 Å². The molecule has 180 valence electrons. The molecule has 8 heteroatoms. The summed E-state index contributed by atoms with van der Waals surface area (Å²) in [6, 6.07) is 8.52. The zero-order valence-corrected chi connectivity index (χ0v) is 19.9. The Morgan fingerprint density at radius 2 is 1.91 bits per heavy atom. The number of hydrogen-bond donors (Lipinski definition) is 2. The predicted molar refractivity (Wildman–Crippen MR) is 128 cm³/mol. The van der Waals surface area contributed by atoms with Crippen molar-refractivity contribution in [3.63, 3.8) is 0 Å². The molecule has 1 heterocycles. The van der Waals surface area contributed by atoms with E-state index in [-0.39, 0.29) is 19.0 Å². The molecule has 0 radical (unpaired) electrons. The SMILES string of the molecule is CCNC(=O)Nc1c(CC=C(C)CCC(=O)Oc2ccccc2)c(OC)c(C)c2c1C(=O)OC2. The molecule has 0 saturated carbocycles. The van der Waals surface area contributed by atoms with E-state index in [0.29, 0.717) is 53.3 Å². The number of nitrogens with one attached hydrogen (secondary N) is 2. The first kappa shape index (κ1) is 24.8. The smallest absolute Gasteiger partial charge is 0.341 e. The Balaban J connectivity index is 1.82. The van der Waals surface area contributed by atoms with Gasteiger partial charge in [-0.1, -0.05) is 29.8 Å². The van der Waals surface area contributed by atoms with Crippen LogP contribution < -0.4 is 20.1 Å². The maximum Gasteiger partial charge on any atom is 0.341 e. The number of rotatable bonds is 9. The number of carbonyl (C=O) groups excluding carboxylic acids is 3. The zero-order valence-electron chi connectivity index (χ0n) is 19.9. The Bertz CT molecular complexity index is 1110. The molecule has 0 aliphatic carbocycles. The number of amides is 2. The van der Waals surface area contributed by atoms with Gasteiger partial charge in [-0.3, -0.25) is 4.79 Å². The number of hydrogen-bond acceptors (Lipinski definition) is 6. The Morgan fingerprint density at radius 3 is 2.59 bits per heavy atom. The van der Waals surface area contributed by atoms with Crippen molar-refractivity contribution in [3.8, 4) is 11.5 Å². The van der Waals surface area contributed by atoms with Crippen molar-refractivity contribution in [1.29, 1.82) is 0 Å². The van der Waals surface area contributed by atoms with Crippen LogP contribution in [0.3, 0.4) is 0 Å². The highest BCUT2D eigenvalue weighted by Gasteiger charge is 2.32. The van der Waals surface area contributed by atoms with Crippen LogP contribution in [0.5, 0.6) is 11.5 Å². The van der Waals surface area contributed by atoms with Crippen molar-refractivity contribution < 1.29 is 28.6 Å². The van der Waals surface area contributed by atoms with E-state index in [0.717, 1.165) is 11.1 Å². The molecule has 34 heavy (non-hydrogen) atoms. The molecule has 8 nitrogen and oxygen atoms in total. The maximum atomic E-state index is 12.5. The molecule has 3 rings (SSSR count). The van der Waals surface area contributed by atoms with Crippen LogP contribution in [0.25, 0.3) is 0 Å². The first-order valence-corrected chi connectivity index (χ1v) is 11.2. The number of ether oxygens (including phenoxy) is 3. The molecule has 0 atom stereocenters. The molecule has 0 saturated heterocycles. The number of carbonyl (C=O) groups is 3. The Labute approximate surface area is 199 Å². The fourth-order valence-electron chi connectivity index (χ4n) is 3.86. The lowest BCUT2D eigenvalue weighted by Crippen LogP contribution is -2.29. The minimum atomic E-state index is -0.474. The molecule has 1 aliphatic heterocycles. The van der Waals surface area contributed by atoms with Gasteiger partial charge in [0.2, 0.25) is 0 Å². The highest BCUT2D eigenvalue weighted by molar-refractivity contribution is 6.05. The lowest BCUT2D eigenvalue weighted by atomic mass is 9.93. The van der Waals surface area contributed by atoms with E-state index in [9.17, 15) is 14.4 Å². The molecule has 1 aliphatic rings. The number of para-hydroxylation sites is 1. The van der Waals surface area contributed by atoms with Gasteiger partial charge in [-0.15, -0.1) is 0 Å². The largest absolute Gasteiger partial charge is 0.496 e. The molecule has 2 aromatic rings. The lowest BCUT2D eigenvalue weighted by molar-refractivity contribution is -0.134. The summed E-state index contributed by atoms with van der Waals surface area (Å²) >= 11 is 0. The molecular weight excluding hydrogens is 436 g/mol. The topological polar surface area (TPSA) is 103 Å². The van der Waals surface area contributed by atoms with Crippen molar-refractivity contribution in [2.24, 2.45) is 0 Å². The minimum absolute atomic E-state index is 0.138. The molecule has 0 bridgehead atoms. The molecule has 0 spiro atoms. The summed E-state index contributed by atoms with van der Waals surface area (Å²) in [6.45, 7) is 6.18. The molecule has 0 unspecified atom stereocenters. The number of esters is 2. The predicted octanol–water partition coefficient (Wildman–Crippen LogP) is 4.69. The van der Waals surface area contributed by atoms with Crippen LogP contribution >= 0.6 is 0 Å². The van der Waals surface area contributed by atoms with Gasteiger partial charge in [0.15, 0.2) is 0 Å². The van der Waals surface area contributed by atoms with Gasteiger partial charge >= 0.3 is 18.0 Å². The van der Waals surface area contributed by atoms with Gasteiger partial charge in [0.05, 0.1) is 18.4 Å². The van der Waals surface area contributed by atoms with E-state index < -0.39 is 12.0 Å². The van der Waals surface area contributed by atoms with Crippen molar-refractivity contribution in [2.75, 3.05) is 19.0 Å². The van der Waals surface area contributed by atoms with E-state index in [1.54, 1.807) is 19.2 Å². The standard InChI is InChI=1S/C26H30N2O6/c1-5-27-26(31)28-23-19(24(32-4)17(3)20-15-33-25(30)22(20)23)13-11-16(2)12-14-21(29)34-18-9-7-6-8-10-18/h6-11H,5,12-15H2,1-4H3,(H2,27,28,31). The molecule has 2 amide bonds. The second-order valence-corrected chi connectivity index (χ2v) is 7.97. The summed E-state index contributed by atoms with van der Waals surface area (Å²) in [5, 5.41) is 5.50. The monoisotopic (exact) mass is 466 g/mol. The van der Waals surface area contributed by atoms with Gasteiger partial charge in [-0.2, -0.15) is 0 Å². The van der Waals surface area contributed by atoms with E-state index in [2.05, 4.69) is 10.6 Å². The average Bonchev–Trinajstić information content (AvgIpc) is 3.21. The summed E-state index contributed by atoms with van der Waals surface area (Å²) in [5.41, 5.74) is 3.90. The normalized spacial score (nSPS) is 12.6. The summed E-state index contributed by atoms with van der Waals surface area (Å²) in [4.78, 5) is 37.0. The number of fused-ring (bicyclic) bond motifs is 1. The third-order valence-electron chi connectivity index (χ3n) is 5.61.